The van der Waals surface area contributed by atoms with Crippen molar-refractivity contribution in [2.24, 2.45) is 0 Å². The molecule has 0 radical (unpaired) electrons. The first kappa shape index (κ1) is 20.3. The Morgan fingerprint density at radius 1 is 0.667 bits per heavy atom. The molecule has 33 heavy (non-hydrogen) atoms. The Labute approximate surface area is 207 Å². The fraction of sp³-hybridized carbons (Fsp3) is 0.0323. The summed E-state index contributed by atoms with van der Waals surface area (Å²) in [5, 5.41) is 1.29. The molecule has 0 amide bonds. The van der Waals surface area contributed by atoms with Crippen molar-refractivity contribution >= 4 is 44.6 Å². The van der Waals surface area contributed by atoms with Crippen LogP contribution in [-0.4, -0.2) is 4.98 Å². The van der Waals surface area contributed by atoms with Gasteiger partial charge in [-0.3, -0.25) is 0 Å². The second-order valence-corrected chi connectivity index (χ2v) is 9.65. The molecular weight excluding hydrogens is 513 g/mol. The summed E-state index contributed by atoms with van der Waals surface area (Å²) < 4.78 is 1.25. The molecule has 4 aromatic carbocycles. The molecule has 6 rings (SSSR count). The summed E-state index contributed by atoms with van der Waals surface area (Å²) in [6.07, 6.45) is 4.79. The highest BCUT2D eigenvalue weighted by Gasteiger charge is 2.27. The van der Waals surface area contributed by atoms with E-state index >= 15 is 0 Å². The maximum Gasteiger partial charge on any atom is 0.0513 e. The number of hydrogen-bond donors (Lipinski definition) is 1. The molecule has 158 valence electrons. The SMILES string of the molecule is Ic1ccc2[nH]c3c(c2c1)C(c1ccccc1)C=C(c1ccccc1)C=C3c1ccccc1. The Morgan fingerprint density at radius 2 is 1.30 bits per heavy atom. The molecule has 0 saturated heterocycles. The van der Waals surface area contributed by atoms with Crippen LogP contribution in [0.1, 0.15) is 33.9 Å². The van der Waals surface area contributed by atoms with E-state index in [0.29, 0.717) is 0 Å². The van der Waals surface area contributed by atoms with E-state index in [9.17, 15) is 0 Å². The molecule has 1 nitrogen and oxygen atoms in total. The molecule has 0 aliphatic heterocycles. The van der Waals surface area contributed by atoms with E-state index in [4.69, 9.17) is 0 Å². The predicted octanol–water partition coefficient (Wildman–Crippen LogP) is 8.43. The smallest absolute Gasteiger partial charge is 0.0513 e. The fourth-order valence-corrected chi connectivity index (χ4v) is 5.33. The number of H-pyrrole nitrogens is 1. The van der Waals surface area contributed by atoms with E-state index in [0.717, 1.165) is 0 Å². The van der Waals surface area contributed by atoms with Crippen molar-refractivity contribution in [2.75, 3.05) is 0 Å². The summed E-state index contributed by atoms with van der Waals surface area (Å²) >= 11 is 2.42. The first-order valence-corrected chi connectivity index (χ1v) is 12.3. The third kappa shape index (κ3) is 3.75. The van der Waals surface area contributed by atoms with Crippen LogP contribution in [0.3, 0.4) is 0 Å². The standard InChI is InChI=1S/C31H22IN/c32-25-16-17-29-28(20-25)30-26(22-12-6-2-7-13-22)18-24(21-10-4-1-5-11-21)19-27(31(30)33-29)23-14-8-3-9-15-23/h1-20,26,33H. The maximum absolute atomic E-state index is 3.80. The summed E-state index contributed by atoms with van der Waals surface area (Å²) in [4.78, 5) is 3.80. The lowest BCUT2D eigenvalue weighted by atomic mass is 9.87. The van der Waals surface area contributed by atoms with Crippen molar-refractivity contribution in [1.29, 1.82) is 0 Å². The van der Waals surface area contributed by atoms with Gasteiger partial charge in [0.1, 0.15) is 0 Å². The van der Waals surface area contributed by atoms with Gasteiger partial charge in [0, 0.05) is 26.0 Å². The Bertz CT molecular complexity index is 1490. The first-order valence-electron chi connectivity index (χ1n) is 11.2. The van der Waals surface area contributed by atoms with Crippen LogP contribution >= 0.6 is 22.6 Å². The molecule has 0 bridgehead atoms. The number of fused-ring (bicyclic) bond motifs is 3. The van der Waals surface area contributed by atoms with E-state index in [-0.39, 0.29) is 5.92 Å². The van der Waals surface area contributed by atoms with Gasteiger partial charge in [-0.05, 0) is 74.7 Å². The number of hydrogen-bond acceptors (Lipinski definition) is 0. The van der Waals surface area contributed by atoms with Gasteiger partial charge in [-0.15, -0.1) is 0 Å². The van der Waals surface area contributed by atoms with Crippen LogP contribution in [0.4, 0.5) is 0 Å². The van der Waals surface area contributed by atoms with Gasteiger partial charge in [-0.1, -0.05) is 97.1 Å². The molecule has 0 saturated carbocycles. The third-order valence-corrected chi connectivity index (χ3v) is 7.05. The fourth-order valence-electron chi connectivity index (χ4n) is 4.84. The molecule has 1 unspecified atom stereocenters. The number of aromatic nitrogens is 1. The van der Waals surface area contributed by atoms with Crippen molar-refractivity contribution in [3.8, 4) is 0 Å². The summed E-state index contributed by atoms with van der Waals surface area (Å²) in [6, 6.07) is 39.0. The van der Waals surface area contributed by atoms with Crippen LogP contribution in [-0.2, 0) is 0 Å². The zero-order valence-electron chi connectivity index (χ0n) is 18.0. The average Bonchev–Trinajstić information content (AvgIpc) is 3.14. The van der Waals surface area contributed by atoms with Crippen molar-refractivity contribution in [3.05, 3.63) is 153 Å². The average molecular weight is 535 g/mol. The lowest BCUT2D eigenvalue weighted by molar-refractivity contribution is 1.04. The summed E-state index contributed by atoms with van der Waals surface area (Å²) in [7, 11) is 0. The van der Waals surface area contributed by atoms with Gasteiger partial charge < -0.3 is 4.98 Å². The molecule has 0 fully saturated rings. The minimum atomic E-state index is 0.140. The van der Waals surface area contributed by atoms with Crippen LogP contribution in [0.2, 0.25) is 0 Å². The Kier molecular flexibility index (Phi) is 5.23. The summed E-state index contributed by atoms with van der Waals surface area (Å²) in [5.41, 5.74) is 9.95. The molecule has 1 atom stereocenters. The predicted molar refractivity (Wildman–Crippen MR) is 147 cm³/mol. The summed E-state index contributed by atoms with van der Waals surface area (Å²) in [5.74, 6) is 0.140. The summed E-state index contributed by atoms with van der Waals surface area (Å²) in [6.45, 7) is 0. The first-order chi connectivity index (χ1) is 16.3. The van der Waals surface area contributed by atoms with Gasteiger partial charge in [0.25, 0.3) is 0 Å². The van der Waals surface area contributed by atoms with Crippen molar-refractivity contribution < 1.29 is 0 Å². The Hall–Kier alpha value is -3.37. The highest BCUT2D eigenvalue weighted by Crippen LogP contribution is 2.44. The van der Waals surface area contributed by atoms with Crippen molar-refractivity contribution in [3.63, 3.8) is 0 Å². The van der Waals surface area contributed by atoms with E-state index in [2.05, 4.69) is 149 Å². The second-order valence-electron chi connectivity index (χ2n) is 8.40. The lowest BCUT2D eigenvalue weighted by Gasteiger charge is -2.16. The molecule has 2 heteroatoms. The molecular formula is C31H22IN. The minimum Gasteiger partial charge on any atom is -0.354 e. The minimum absolute atomic E-state index is 0.140. The number of allylic oxidation sites excluding steroid dienone is 3. The number of aromatic amines is 1. The van der Waals surface area contributed by atoms with Crippen LogP contribution < -0.4 is 0 Å². The molecule has 1 N–H and O–H groups in total. The van der Waals surface area contributed by atoms with Crippen LogP contribution in [0.25, 0.3) is 22.0 Å². The van der Waals surface area contributed by atoms with E-state index < -0.39 is 0 Å². The van der Waals surface area contributed by atoms with Crippen LogP contribution in [0, 0.1) is 3.57 Å². The molecule has 1 aliphatic rings. The molecule has 1 aliphatic carbocycles. The largest absolute Gasteiger partial charge is 0.354 e. The van der Waals surface area contributed by atoms with Gasteiger partial charge in [0.15, 0.2) is 0 Å². The Morgan fingerprint density at radius 3 is 2.00 bits per heavy atom. The normalized spacial score (nSPS) is 15.5. The van der Waals surface area contributed by atoms with Gasteiger partial charge in [-0.25, -0.2) is 0 Å². The van der Waals surface area contributed by atoms with Gasteiger partial charge in [0.05, 0.1) is 5.69 Å². The van der Waals surface area contributed by atoms with E-state index in [1.165, 1.54) is 53.6 Å². The van der Waals surface area contributed by atoms with Crippen molar-refractivity contribution in [1.82, 2.24) is 4.98 Å². The topological polar surface area (TPSA) is 15.8 Å². The highest BCUT2D eigenvalue weighted by atomic mass is 127. The molecule has 5 aromatic rings. The molecule has 1 heterocycles. The van der Waals surface area contributed by atoms with Gasteiger partial charge in [-0.2, -0.15) is 0 Å². The zero-order valence-corrected chi connectivity index (χ0v) is 20.2. The number of benzene rings is 4. The quantitative estimate of drug-likeness (QED) is 0.223. The maximum atomic E-state index is 3.80. The number of nitrogens with one attached hydrogen (secondary N) is 1. The molecule has 0 spiro atoms. The van der Waals surface area contributed by atoms with E-state index in [1.807, 2.05) is 0 Å². The number of rotatable bonds is 3. The van der Waals surface area contributed by atoms with Crippen LogP contribution in [0.15, 0.2) is 121 Å². The zero-order chi connectivity index (χ0) is 22.2. The number of halogens is 1. The van der Waals surface area contributed by atoms with E-state index in [1.54, 1.807) is 0 Å². The highest BCUT2D eigenvalue weighted by molar-refractivity contribution is 14.1. The monoisotopic (exact) mass is 535 g/mol. The van der Waals surface area contributed by atoms with Gasteiger partial charge >= 0.3 is 0 Å². The van der Waals surface area contributed by atoms with Gasteiger partial charge in [0.2, 0.25) is 0 Å². The van der Waals surface area contributed by atoms with Crippen molar-refractivity contribution in [2.45, 2.75) is 5.92 Å². The molecule has 1 aromatic heterocycles. The third-order valence-electron chi connectivity index (χ3n) is 6.38. The lowest BCUT2D eigenvalue weighted by Crippen LogP contribution is -2.00. The second kappa shape index (κ2) is 8.53. The Balaban J connectivity index is 1.70. The van der Waals surface area contributed by atoms with Crippen LogP contribution in [0.5, 0.6) is 0 Å².